The molecule has 4 nitrogen and oxygen atoms in total. The van der Waals surface area contributed by atoms with Gasteiger partial charge in [0, 0.05) is 10.7 Å². The maximum atomic E-state index is 5.86. The second-order valence-electron chi connectivity index (χ2n) is 3.29. The molecule has 0 aliphatic rings. The molecule has 3 N–H and O–H groups in total. The zero-order valence-corrected chi connectivity index (χ0v) is 10.1. The Kier molecular flexibility index (Phi) is 3.36. The van der Waals surface area contributed by atoms with Crippen molar-refractivity contribution in [2.24, 2.45) is 0 Å². The number of nitrogens with one attached hydrogen (secondary N) is 1. The van der Waals surface area contributed by atoms with Crippen molar-refractivity contribution >= 4 is 27.3 Å². The van der Waals surface area contributed by atoms with Gasteiger partial charge >= 0.3 is 0 Å². The number of hydrogen-bond donors (Lipinski definition) is 2. The van der Waals surface area contributed by atoms with Gasteiger partial charge in [0.1, 0.15) is 6.33 Å². The highest BCUT2D eigenvalue weighted by Crippen LogP contribution is 2.23. The van der Waals surface area contributed by atoms with E-state index in [0.29, 0.717) is 12.2 Å². The normalized spacial score (nSPS) is 10.1. The maximum absolute atomic E-state index is 5.86. The van der Waals surface area contributed by atoms with Gasteiger partial charge in [-0.15, -0.1) is 0 Å². The molecule has 2 rings (SSSR count). The number of nitrogens with two attached hydrogens (primary N) is 1. The molecule has 0 amide bonds. The largest absolute Gasteiger partial charge is 0.397 e. The van der Waals surface area contributed by atoms with Gasteiger partial charge in [0.05, 0.1) is 23.6 Å². The Morgan fingerprint density at radius 3 is 2.88 bits per heavy atom. The summed E-state index contributed by atoms with van der Waals surface area (Å²) in [6.07, 6.45) is 3.25. The second kappa shape index (κ2) is 4.94. The molecule has 82 valence electrons. The van der Waals surface area contributed by atoms with Crippen LogP contribution in [0.25, 0.3) is 0 Å². The van der Waals surface area contributed by atoms with E-state index in [4.69, 9.17) is 5.73 Å². The van der Waals surface area contributed by atoms with E-state index in [1.165, 1.54) is 6.33 Å². The number of benzene rings is 1. The third kappa shape index (κ3) is 2.70. The zero-order chi connectivity index (χ0) is 11.4. The van der Waals surface area contributed by atoms with Gasteiger partial charge in [-0.25, -0.2) is 9.97 Å². The number of halogens is 1. The van der Waals surface area contributed by atoms with Crippen molar-refractivity contribution in [2.45, 2.75) is 6.54 Å². The van der Waals surface area contributed by atoms with E-state index in [0.717, 1.165) is 15.9 Å². The molecule has 0 spiro atoms. The number of aromatic nitrogens is 2. The van der Waals surface area contributed by atoms with Gasteiger partial charge < -0.3 is 11.1 Å². The molecule has 0 unspecified atom stereocenters. The minimum Gasteiger partial charge on any atom is -0.397 e. The maximum Gasteiger partial charge on any atom is 0.115 e. The van der Waals surface area contributed by atoms with Crippen LogP contribution in [0.5, 0.6) is 0 Å². The topological polar surface area (TPSA) is 63.8 Å². The van der Waals surface area contributed by atoms with E-state index < -0.39 is 0 Å². The van der Waals surface area contributed by atoms with Crippen LogP contribution in [0.2, 0.25) is 0 Å². The van der Waals surface area contributed by atoms with Crippen molar-refractivity contribution in [3.63, 3.8) is 0 Å². The molecule has 1 heterocycles. The third-order valence-electron chi connectivity index (χ3n) is 2.12. The van der Waals surface area contributed by atoms with Gasteiger partial charge in [0.2, 0.25) is 0 Å². The quantitative estimate of drug-likeness (QED) is 0.847. The Labute approximate surface area is 102 Å². The van der Waals surface area contributed by atoms with E-state index in [1.54, 1.807) is 6.20 Å². The molecule has 0 fully saturated rings. The number of hydrogen-bond acceptors (Lipinski definition) is 4. The minimum absolute atomic E-state index is 0.633. The predicted octanol–water partition coefficient (Wildman–Crippen LogP) is 2.43. The van der Waals surface area contributed by atoms with Gasteiger partial charge in [-0.2, -0.15) is 0 Å². The van der Waals surface area contributed by atoms with Crippen LogP contribution in [0.4, 0.5) is 11.4 Å². The van der Waals surface area contributed by atoms with Crippen molar-refractivity contribution in [3.8, 4) is 0 Å². The van der Waals surface area contributed by atoms with Crippen LogP contribution in [0.15, 0.2) is 41.3 Å². The number of nitrogen functional groups attached to an aromatic ring is 1. The van der Waals surface area contributed by atoms with Crippen molar-refractivity contribution in [1.82, 2.24) is 9.97 Å². The van der Waals surface area contributed by atoms with Gasteiger partial charge in [0.15, 0.2) is 0 Å². The fraction of sp³-hybridized carbons (Fsp3) is 0.0909. The Hall–Kier alpha value is -1.62. The molecule has 16 heavy (non-hydrogen) atoms. The molecule has 5 heteroatoms. The first-order chi connectivity index (χ1) is 7.75. The SMILES string of the molecule is Nc1cc(Br)ccc1NCc1ccncn1. The molecule has 1 aromatic heterocycles. The van der Waals surface area contributed by atoms with Crippen LogP contribution in [-0.4, -0.2) is 9.97 Å². The van der Waals surface area contributed by atoms with Crippen molar-refractivity contribution in [2.75, 3.05) is 11.1 Å². The highest BCUT2D eigenvalue weighted by Gasteiger charge is 1.99. The predicted molar refractivity (Wildman–Crippen MR) is 67.9 cm³/mol. The molecule has 0 atom stereocenters. The van der Waals surface area contributed by atoms with Crippen molar-refractivity contribution < 1.29 is 0 Å². The lowest BCUT2D eigenvalue weighted by atomic mass is 10.2. The fourth-order valence-electron chi connectivity index (χ4n) is 1.30. The van der Waals surface area contributed by atoms with Crippen LogP contribution < -0.4 is 11.1 Å². The molecule has 0 radical (unpaired) electrons. The van der Waals surface area contributed by atoms with Crippen LogP contribution in [0.1, 0.15) is 5.69 Å². The van der Waals surface area contributed by atoms with E-state index in [-0.39, 0.29) is 0 Å². The number of anilines is 2. The van der Waals surface area contributed by atoms with Gasteiger partial charge in [-0.3, -0.25) is 0 Å². The van der Waals surface area contributed by atoms with E-state index in [1.807, 2.05) is 24.3 Å². The lowest BCUT2D eigenvalue weighted by Gasteiger charge is -2.08. The van der Waals surface area contributed by atoms with E-state index >= 15 is 0 Å². The first-order valence-electron chi connectivity index (χ1n) is 4.79. The summed E-state index contributed by atoms with van der Waals surface area (Å²) in [6.45, 7) is 0.633. The van der Waals surface area contributed by atoms with Crippen molar-refractivity contribution in [1.29, 1.82) is 0 Å². The Morgan fingerprint density at radius 1 is 1.31 bits per heavy atom. The molecular formula is C11H11BrN4. The van der Waals surface area contributed by atoms with Crippen LogP contribution in [0.3, 0.4) is 0 Å². The van der Waals surface area contributed by atoms with Gasteiger partial charge in [0.25, 0.3) is 0 Å². The summed E-state index contributed by atoms with van der Waals surface area (Å²) in [5.74, 6) is 0. The summed E-state index contributed by atoms with van der Waals surface area (Å²) < 4.78 is 0.970. The molecule has 0 saturated carbocycles. The van der Waals surface area contributed by atoms with E-state index in [9.17, 15) is 0 Å². The Morgan fingerprint density at radius 2 is 2.19 bits per heavy atom. The second-order valence-corrected chi connectivity index (χ2v) is 4.20. The summed E-state index contributed by atoms with van der Waals surface area (Å²) in [7, 11) is 0. The summed E-state index contributed by atoms with van der Waals surface area (Å²) in [5.41, 5.74) is 8.40. The molecule has 0 aliphatic carbocycles. The molecule has 1 aromatic carbocycles. The Bertz CT molecular complexity index is 473. The lowest BCUT2D eigenvalue weighted by Crippen LogP contribution is -2.03. The molecule has 2 aromatic rings. The standard InChI is InChI=1S/C11H11BrN4/c12-8-1-2-11(10(13)5-8)15-6-9-3-4-14-7-16-9/h1-5,7,15H,6,13H2. The monoisotopic (exact) mass is 278 g/mol. The van der Waals surface area contributed by atoms with Gasteiger partial charge in [-0.1, -0.05) is 15.9 Å². The highest BCUT2D eigenvalue weighted by atomic mass is 79.9. The Balaban J connectivity index is 2.05. The summed E-state index contributed by atoms with van der Waals surface area (Å²) in [6, 6.07) is 7.60. The number of rotatable bonds is 3. The molecule has 0 saturated heterocycles. The van der Waals surface area contributed by atoms with Crippen LogP contribution in [-0.2, 0) is 6.54 Å². The summed E-state index contributed by atoms with van der Waals surface area (Å²) in [4.78, 5) is 7.98. The summed E-state index contributed by atoms with van der Waals surface area (Å²) in [5, 5.41) is 3.22. The highest BCUT2D eigenvalue weighted by molar-refractivity contribution is 9.10. The number of nitrogens with zero attached hydrogens (tertiary/aromatic N) is 2. The van der Waals surface area contributed by atoms with Crippen LogP contribution in [0, 0.1) is 0 Å². The smallest absolute Gasteiger partial charge is 0.115 e. The average molecular weight is 279 g/mol. The fourth-order valence-corrected chi connectivity index (χ4v) is 1.68. The van der Waals surface area contributed by atoms with Crippen LogP contribution >= 0.6 is 15.9 Å². The van der Waals surface area contributed by atoms with Gasteiger partial charge in [-0.05, 0) is 24.3 Å². The molecule has 0 aliphatic heterocycles. The third-order valence-corrected chi connectivity index (χ3v) is 2.61. The van der Waals surface area contributed by atoms with Crippen molar-refractivity contribution in [3.05, 3.63) is 47.0 Å². The first-order valence-corrected chi connectivity index (χ1v) is 5.59. The minimum atomic E-state index is 0.633. The molecular weight excluding hydrogens is 268 g/mol. The summed E-state index contributed by atoms with van der Waals surface area (Å²) >= 11 is 3.36. The molecule has 0 bridgehead atoms. The zero-order valence-electron chi connectivity index (χ0n) is 8.52. The first kappa shape index (κ1) is 10.9. The lowest BCUT2D eigenvalue weighted by molar-refractivity contribution is 1.01. The van der Waals surface area contributed by atoms with E-state index in [2.05, 4.69) is 31.2 Å². The average Bonchev–Trinajstić information content (AvgIpc) is 2.29.